The number of halogens is 1. The summed E-state index contributed by atoms with van der Waals surface area (Å²) in [6, 6.07) is 25.9. The number of carbonyl (C=O) groups excluding carboxylic acids is 1. The van der Waals surface area contributed by atoms with Crippen molar-refractivity contribution in [1.29, 1.82) is 0 Å². The van der Waals surface area contributed by atoms with Crippen molar-refractivity contribution in [3.05, 3.63) is 120 Å². The minimum Gasteiger partial charge on any atom is -0.493 e. The van der Waals surface area contributed by atoms with Crippen molar-refractivity contribution in [1.82, 2.24) is 5.32 Å². The van der Waals surface area contributed by atoms with Crippen molar-refractivity contribution >= 4 is 21.6 Å². The number of para-hydroxylation sites is 1. The Morgan fingerprint density at radius 2 is 1.51 bits per heavy atom. The van der Waals surface area contributed by atoms with Gasteiger partial charge in [0.25, 0.3) is 10.0 Å². The third-order valence-electron chi connectivity index (χ3n) is 6.17. The fourth-order valence-electron chi connectivity index (χ4n) is 4.25. The summed E-state index contributed by atoms with van der Waals surface area (Å²) in [5.74, 6) is -0.888. The van der Waals surface area contributed by atoms with Crippen LogP contribution in [-0.2, 0) is 14.8 Å². The van der Waals surface area contributed by atoms with Crippen LogP contribution in [0.3, 0.4) is 0 Å². The van der Waals surface area contributed by atoms with Crippen LogP contribution in [0.15, 0.2) is 102 Å². The Morgan fingerprint density at radius 1 is 0.846 bits per heavy atom. The van der Waals surface area contributed by atoms with E-state index in [0.717, 1.165) is 27.1 Å². The number of benzene rings is 4. The van der Waals surface area contributed by atoms with Crippen LogP contribution in [0.5, 0.6) is 11.5 Å². The fraction of sp³-hybridized carbons (Fsp3) is 0.167. The predicted molar refractivity (Wildman–Crippen MR) is 148 cm³/mol. The number of anilines is 1. The summed E-state index contributed by atoms with van der Waals surface area (Å²) in [5.41, 5.74) is 2.40. The molecule has 0 aliphatic heterocycles. The van der Waals surface area contributed by atoms with Crippen LogP contribution >= 0.6 is 0 Å². The van der Waals surface area contributed by atoms with Gasteiger partial charge < -0.3 is 14.8 Å². The molecule has 0 aliphatic rings. The second-order valence-electron chi connectivity index (χ2n) is 8.81. The van der Waals surface area contributed by atoms with Crippen molar-refractivity contribution in [2.75, 3.05) is 25.1 Å². The summed E-state index contributed by atoms with van der Waals surface area (Å²) in [4.78, 5) is 13.3. The lowest BCUT2D eigenvalue weighted by atomic mass is 9.97. The monoisotopic (exact) mass is 548 g/mol. The summed E-state index contributed by atoms with van der Waals surface area (Å²) in [7, 11) is -1.59. The molecule has 9 heteroatoms. The number of nitrogens with zero attached hydrogens (tertiary/aromatic N) is 1. The van der Waals surface area contributed by atoms with E-state index in [-0.39, 0.29) is 16.3 Å². The van der Waals surface area contributed by atoms with E-state index >= 15 is 0 Å². The molecule has 1 atom stereocenters. The SMILES string of the molecule is COc1ccc(S(=O)(=O)N(CC(=O)NC(c2ccccc2)c2cccc(C)c2)c2ccccc2F)cc1OC. The highest BCUT2D eigenvalue weighted by Crippen LogP contribution is 2.33. The van der Waals surface area contributed by atoms with Crippen LogP contribution in [0.2, 0.25) is 0 Å². The minimum absolute atomic E-state index is 0.181. The Hall–Kier alpha value is -4.37. The maximum atomic E-state index is 15.0. The summed E-state index contributed by atoms with van der Waals surface area (Å²) in [6.45, 7) is 1.29. The highest BCUT2D eigenvalue weighted by Gasteiger charge is 2.31. The van der Waals surface area contributed by atoms with Gasteiger partial charge in [-0.1, -0.05) is 72.3 Å². The van der Waals surface area contributed by atoms with Crippen molar-refractivity contribution in [2.45, 2.75) is 17.9 Å². The Bertz CT molecular complexity index is 1560. The molecule has 0 aromatic heterocycles. The predicted octanol–water partition coefficient (Wildman–Crippen LogP) is 5.25. The quantitative estimate of drug-likeness (QED) is 0.293. The number of amides is 1. The molecule has 0 saturated carbocycles. The number of ether oxygens (including phenoxy) is 2. The molecule has 4 rings (SSSR count). The number of rotatable bonds is 10. The fourth-order valence-corrected chi connectivity index (χ4v) is 5.69. The lowest BCUT2D eigenvalue weighted by Gasteiger charge is -2.27. The first kappa shape index (κ1) is 27.7. The Kier molecular flexibility index (Phi) is 8.51. The first-order valence-corrected chi connectivity index (χ1v) is 13.6. The first-order chi connectivity index (χ1) is 18.7. The van der Waals surface area contributed by atoms with Gasteiger partial charge in [-0.05, 0) is 42.3 Å². The maximum Gasteiger partial charge on any atom is 0.265 e. The molecule has 202 valence electrons. The minimum atomic E-state index is -4.40. The molecule has 0 saturated heterocycles. The van der Waals surface area contributed by atoms with E-state index < -0.39 is 34.3 Å². The maximum absolute atomic E-state index is 15.0. The molecule has 7 nitrogen and oxygen atoms in total. The smallest absolute Gasteiger partial charge is 0.265 e. The van der Waals surface area contributed by atoms with E-state index in [1.807, 2.05) is 61.5 Å². The molecule has 1 amide bonds. The van der Waals surface area contributed by atoms with Gasteiger partial charge in [-0.15, -0.1) is 0 Å². The lowest BCUT2D eigenvalue weighted by molar-refractivity contribution is -0.120. The molecule has 4 aromatic rings. The Labute approximate surface area is 227 Å². The van der Waals surface area contributed by atoms with Gasteiger partial charge in [-0.2, -0.15) is 0 Å². The number of aryl methyl sites for hydroxylation is 1. The average molecular weight is 549 g/mol. The zero-order valence-corrected chi connectivity index (χ0v) is 22.6. The van der Waals surface area contributed by atoms with Gasteiger partial charge in [-0.3, -0.25) is 9.10 Å². The Morgan fingerprint density at radius 3 is 2.18 bits per heavy atom. The molecule has 0 spiro atoms. The van der Waals surface area contributed by atoms with Gasteiger partial charge in [0.1, 0.15) is 12.4 Å². The molecular weight excluding hydrogens is 519 g/mol. The zero-order chi connectivity index (χ0) is 28.0. The highest BCUT2D eigenvalue weighted by atomic mass is 32.2. The van der Waals surface area contributed by atoms with Gasteiger partial charge in [-0.25, -0.2) is 12.8 Å². The summed E-state index contributed by atoms with van der Waals surface area (Å²) < 4.78 is 53.9. The van der Waals surface area contributed by atoms with Crippen LogP contribution in [-0.4, -0.2) is 35.1 Å². The number of hydrogen-bond donors (Lipinski definition) is 1. The van der Waals surface area contributed by atoms with Gasteiger partial charge in [0.15, 0.2) is 11.5 Å². The number of sulfonamides is 1. The largest absolute Gasteiger partial charge is 0.493 e. The first-order valence-electron chi connectivity index (χ1n) is 12.1. The summed E-state index contributed by atoms with van der Waals surface area (Å²) >= 11 is 0. The number of methoxy groups -OCH3 is 2. The standard InChI is InChI=1S/C30H29FN2O5S/c1-21-10-9-13-23(18-21)30(22-11-5-4-6-12-22)32-29(34)20-33(26-15-8-7-14-25(26)31)39(35,36)24-16-17-27(37-2)28(19-24)38-3/h4-19,30H,20H2,1-3H3,(H,32,34). The molecular formula is C30H29FN2O5S. The normalized spacial score (nSPS) is 11.9. The van der Waals surface area contributed by atoms with Crippen molar-refractivity contribution in [3.63, 3.8) is 0 Å². The molecule has 4 aromatic carbocycles. The third-order valence-corrected chi connectivity index (χ3v) is 7.92. The number of nitrogens with one attached hydrogen (secondary N) is 1. The van der Waals surface area contributed by atoms with Crippen LogP contribution < -0.4 is 19.1 Å². The highest BCUT2D eigenvalue weighted by molar-refractivity contribution is 7.92. The summed E-state index contributed by atoms with van der Waals surface area (Å²) in [5, 5.41) is 2.95. The molecule has 0 bridgehead atoms. The van der Waals surface area contributed by atoms with E-state index in [9.17, 15) is 17.6 Å². The average Bonchev–Trinajstić information content (AvgIpc) is 2.95. The zero-order valence-electron chi connectivity index (χ0n) is 21.8. The van der Waals surface area contributed by atoms with Gasteiger partial charge >= 0.3 is 0 Å². The summed E-state index contributed by atoms with van der Waals surface area (Å²) in [6.07, 6.45) is 0. The van der Waals surface area contributed by atoms with Crippen LogP contribution in [0, 0.1) is 12.7 Å². The molecule has 39 heavy (non-hydrogen) atoms. The number of carbonyl (C=O) groups is 1. The molecule has 0 fully saturated rings. The number of hydrogen-bond acceptors (Lipinski definition) is 5. The third kappa shape index (κ3) is 6.21. The van der Waals surface area contributed by atoms with E-state index in [1.165, 1.54) is 50.6 Å². The second kappa shape index (κ2) is 12.0. The molecule has 0 radical (unpaired) electrons. The molecule has 0 aliphatic carbocycles. The molecule has 1 N–H and O–H groups in total. The van der Waals surface area contributed by atoms with Crippen molar-refractivity contribution in [3.8, 4) is 11.5 Å². The van der Waals surface area contributed by atoms with Crippen LogP contribution in [0.1, 0.15) is 22.7 Å². The van der Waals surface area contributed by atoms with Crippen LogP contribution in [0.25, 0.3) is 0 Å². The van der Waals surface area contributed by atoms with Crippen LogP contribution in [0.4, 0.5) is 10.1 Å². The lowest BCUT2D eigenvalue weighted by Crippen LogP contribution is -2.42. The van der Waals surface area contributed by atoms with Gasteiger partial charge in [0.2, 0.25) is 5.91 Å². The van der Waals surface area contributed by atoms with E-state index in [4.69, 9.17) is 9.47 Å². The topological polar surface area (TPSA) is 84.9 Å². The van der Waals surface area contributed by atoms with E-state index in [0.29, 0.717) is 5.75 Å². The van der Waals surface area contributed by atoms with E-state index in [2.05, 4.69) is 5.32 Å². The molecule has 0 heterocycles. The Balaban J connectivity index is 1.73. The van der Waals surface area contributed by atoms with Gasteiger partial charge in [0, 0.05) is 6.07 Å². The van der Waals surface area contributed by atoms with Gasteiger partial charge in [0.05, 0.1) is 30.8 Å². The molecule has 1 unspecified atom stereocenters. The van der Waals surface area contributed by atoms with Crippen molar-refractivity contribution < 1.29 is 27.1 Å². The van der Waals surface area contributed by atoms with Crippen molar-refractivity contribution in [2.24, 2.45) is 0 Å². The van der Waals surface area contributed by atoms with E-state index in [1.54, 1.807) is 0 Å². The second-order valence-corrected chi connectivity index (χ2v) is 10.7.